The first-order chi connectivity index (χ1) is 17.8. The Morgan fingerprint density at radius 2 is 2.05 bits per heavy atom. The van der Waals surface area contributed by atoms with E-state index in [1.54, 1.807) is 0 Å². The van der Waals surface area contributed by atoms with Crippen LogP contribution < -0.4 is 15.4 Å². The topological polar surface area (TPSA) is 104 Å². The lowest BCUT2D eigenvalue weighted by Gasteiger charge is -2.28. The fourth-order valence-electron chi connectivity index (χ4n) is 4.44. The van der Waals surface area contributed by atoms with Crippen molar-refractivity contribution in [2.75, 3.05) is 32.8 Å². The molecule has 8 heteroatoms. The Hall–Kier alpha value is -2.99. The molecule has 1 fully saturated rings. The fraction of sp³-hybridized carbons (Fsp3) is 0.379. The third kappa shape index (κ3) is 6.86. The summed E-state index contributed by atoms with van der Waals surface area (Å²) >= 11 is 6.40. The van der Waals surface area contributed by atoms with Crippen LogP contribution in [0.15, 0.2) is 54.6 Å². The first-order valence-corrected chi connectivity index (χ1v) is 12.8. The average Bonchev–Trinajstić information content (AvgIpc) is 2.90. The number of Topliss-reactive ketones (excluding diaryl/α,β-unsaturated/α-hetero) is 1. The lowest BCUT2D eigenvalue weighted by Crippen LogP contribution is -2.46. The second kappa shape index (κ2) is 12.0. The van der Waals surface area contributed by atoms with Crippen LogP contribution in [-0.2, 0) is 11.2 Å². The minimum Gasteiger partial charge on any atom is -0.489 e. The maximum atomic E-state index is 12.8. The molecule has 0 radical (unpaired) electrons. The molecular weight excluding hydrogens is 490 g/mol. The largest absolute Gasteiger partial charge is 0.489 e. The number of benzene rings is 3. The molecule has 3 N–H and O–H groups in total. The smallest absolute Gasteiger partial charge is 0.194 e. The zero-order valence-electron chi connectivity index (χ0n) is 21.1. The summed E-state index contributed by atoms with van der Waals surface area (Å²) in [5.74, 6) is -0.0562. The standard InChI is InChI=1S/C29H32ClN3O4/c1-29(2,14-19-7-8-20-5-3-4-6-21(20)13-19)33-16-22(34)18-37-25-10-9-23(27(30)24(25)15-31)28(35)26-17-32-11-12-36-26/h3-10,13,22,26,32-34H,11-12,14,16-18H2,1-2H3/t22-,26?/m1/s1. The van der Waals surface area contributed by atoms with Crippen LogP contribution in [0.5, 0.6) is 5.75 Å². The van der Waals surface area contributed by atoms with Gasteiger partial charge in [-0.25, -0.2) is 0 Å². The third-order valence-corrected chi connectivity index (χ3v) is 6.80. The second-order valence-corrected chi connectivity index (χ2v) is 10.3. The SMILES string of the molecule is CC(C)(Cc1ccc2ccccc2c1)NC[C@@H](O)COc1ccc(C(=O)C2CNCCO2)c(Cl)c1C#N. The summed E-state index contributed by atoms with van der Waals surface area (Å²) in [6.45, 7) is 5.96. The highest BCUT2D eigenvalue weighted by atomic mass is 35.5. The highest BCUT2D eigenvalue weighted by Gasteiger charge is 2.27. The molecule has 7 nitrogen and oxygen atoms in total. The molecule has 1 aliphatic rings. The summed E-state index contributed by atoms with van der Waals surface area (Å²) in [6.07, 6.45) is -0.672. The number of halogens is 1. The molecule has 3 aromatic rings. The van der Waals surface area contributed by atoms with E-state index in [1.807, 2.05) is 18.2 Å². The van der Waals surface area contributed by atoms with Gasteiger partial charge in [0, 0.05) is 30.7 Å². The Kier molecular flexibility index (Phi) is 8.80. The van der Waals surface area contributed by atoms with Crippen molar-refractivity contribution in [1.82, 2.24) is 10.6 Å². The van der Waals surface area contributed by atoms with Crippen LogP contribution in [0.4, 0.5) is 0 Å². The number of aliphatic hydroxyl groups is 1. The highest BCUT2D eigenvalue weighted by Crippen LogP contribution is 2.31. The van der Waals surface area contributed by atoms with Gasteiger partial charge in [0.1, 0.15) is 36.2 Å². The van der Waals surface area contributed by atoms with Gasteiger partial charge in [0.15, 0.2) is 5.78 Å². The van der Waals surface area contributed by atoms with Crippen LogP contribution in [0.1, 0.15) is 35.3 Å². The van der Waals surface area contributed by atoms with Gasteiger partial charge in [-0.3, -0.25) is 4.79 Å². The maximum absolute atomic E-state index is 12.8. The molecule has 2 atom stereocenters. The highest BCUT2D eigenvalue weighted by molar-refractivity contribution is 6.35. The normalized spacial score (nSPS) is 16.8. The van der Waals surface area contributed by atoms with E-state index in [-0.39, 0.29) is 39.8 Å². The van der Waals surface area contributed by atoms with Crippen molar-refractivity contribution in [2.45, 2.75) is 38.0 Å². The van der Waals surface area contributed by atoms with E-state index in [0.29, 0.717) is 26.2 Å². The van der Waals surface area contributed by atoms with Crippen molar-refractivity contribution >= 4 is 28.2 Å². The molecular formula is C29H32ClN3O4. The van der Waals surface area contributed by atoms with E-state index in [4.69, 9.17) is 21.1 Å². The molecule has 0 bridgehead atoms. The summed E-state index contributed by atoms with van der Waals surface area (Å²) < 4.78 is 11.2. The van der Waals surface area contributed by atoms with Crippen molar-refractivity contribution in [3.8, 4) is 11.8 Å². The number of hydrogen-bond acceptors (Lipinski definition) is 7. The summed E-state index contributed by atoms with van der Waals surface area (Å²) in [7, 11) is 0. The van der Waals surface area contributed by atoms with Gasteiger partial charge in [-0.15, -0.1) is 0 Å². The van der Waals surface area contributed by atoms with Crippen LogP contribution in [0.25, 0.3) is 10.8 Å². The predicted octanol–water partition coefficient (Wildman–Crippen LogP) is 3.89. The molecule has 0 saturated carbocycles. The number of carbonyl (C=O) groups is 1. The Balaban J connectivity index is 1.33. The van der Waals surface area contributed by atoms with Crippen molar-refractivity contribution in [3.63, 3.8) is 0 Å². The Morgan fingerprint density at radius 3 is 2.78 bits per heavy atom. The van der Waals surface area contributed by atoms with Crippen molar-refractivity contribution < 1.29 is 19.4 Å². The van der Waals surface area contributed by atoms with E-state index in [1.165, 1.54) is 28.5 Å². The number of hydrogen-bond donors (Lipinski definition) is 3. The number of β-amino-alcohol motifs (C(OH)–C–C–N with tert-alkyl or cyclic N) is 1. The first-order valence-electron chi connectivity index (χ1n) is 12.4. The van der Waals surface area contributed by atoms with Crippen molar-refractivity contribution in [2.24, 2.45) is 0 Å². The molecule has 37 heavy (non-hydrogen) atoms. The number of fused-ring (bicyclic) bond motifs is 1. The zero-order chi connectivity index (χ0) is 26.4. The number of aliphatic hydroxyl groups excluding tert-OH is 1. The molecule has 3 aromatic carbocycles. The zero-order valence-corrected chi connectivity index (χ0v) is 21.8. The van der Waals surface area contributed by atoms with Gasteiger partial charge in [0.05, 0.1) is 11.6 Å². The Labute approximate surface area is 222 Å². The predicted molar refractivity (Wildman–Crippen MR) is 144 cm³/mol. The van der Waals surface area contributed by atoms with Gasteiger partial charge in [-0.2, -0.15) is 5.26 Å². The Bertz CT molecular complexity index is 1300. The van der Waals surface area contributed by atoms with Crippen LogP contribution in [0.3, 0.4) is 0 Å². The molecule has 194 valence electrons. The van der Waals surface area contributed by atoms with Crippen LogP contribution >= 0.6 is 11.6 Å². The molecule has 1 heterocycles. The number of rotatable bonds is 10. The van der Waals surface area contributed by atoms with E-state index < -0.39 is 12.2 Å². The van der Waals surface area contributed by atoms with Gasteiger partial charge in [-0.1, -0.05) is 54.1 Å². The number of carbonyl (C=O) groups excluding carboxylic acids is 1. The maximum Gasteiger partial charge on any atom is 0.194 e. The molecule has 0 aliphatic carbocycles. The van der Waals surface area contributed by atoms with E-state index in [2.05, 4.69) is 54.8 Å². The number of morpholine rings is 1. The van der Waals surface area contributed by atoms with Crippen LogP contribution in [0, 0.1) is 11.3 Å². The quantitative estimate of drug-likeness (QED) is 0.348. The molecule has 0 amide bonds. The Morgan fingerprint density at radius 1 is 1.27 bits per heavy atom. The summed E-state index contributed by atoms with van der Waals surface area (Å²) in [5.41, 5.74) is 1.23. The number of ketones is 1. The monoisotopic (exact) mass is 521 g/mol. The molecule has 1 aliphatic heterocycles. The number of nitriles is 1. The molecule has 0 aromatic heterocycles. The minimum atomic E-state index is -0.816. The molecule has 1 unspecified atom stereocenters. The van der Waals surface area contributed by atoms with Gasteiger partial charge < -0.3 is 25.2 Å². The van der Waals surface area contributed by atoms with E-state index in [9.17, 15) is 15.2 Å². The summed E-state index contributed by atoms with van der Waals surface area (Å²) in [5, 5.41) is 29.2. The van der Waals surface area contributed by atoms with E-state index in [0.717, 1.165) is 6.42 Å². The lowest BCUT2D eigenvalue weighted by molar-refractivity contribution is 0.0269. The average molecular weight is 522 g/mol. The summed E-state index contributed by atoms with van der Waals surface area (Å²) in [4.78, 5) is 12.8. The van der Waals surface area contributed by atoms with Crippen molar-refractivity contribution in [1.29, 1.82) is 5.26 Å². The van der Waals surface area contributed by atoms with Crippen molar-refractivity contribution in [3.05, 3.63) is 76.3 Å². The van der Waals surface area contributed by atoms with Crippen LogP contribution in [0.2, 0.25) is 5.02 Å². The summed E-state index contributed by atoms with van der Waals surface area (Å²) in [6, 6.07) is 19.8. The van der Waals surface area contributed by atoms with Gasteiger partial charge >= 0.3 is 0 Å². The lowest BCUT2D eigenvalue weighted by atomic mass is 9.93. The number of nitrogens with zero attached hydrogens (tertiary/aromatic N) is 1. The molecule has 0 spiro atoms. The first kappa shape index (κ1) is 27.1. The third-order valence-electron chi connectivity index (χ3n) is 6.41. The minimum absolute atomic E-state index is 0.0308. The number of nitrogens with one attached hydrogen (secondary N) is 2. The van der Waals surface area contributed by atoms with Gasteiger partial charge in [0.2, 0.25) is 0 Å². The fourth-order valence-corrected chi connectivity index (χ4v) is 4.73. The molecule has 1 saturated heterocycles. The van der Waals surface area contributed by atoms with Gasteiger partial charge in [-0.05, 0) is 48.7 Å². The van der Waals surface area contributed by atoms with E-state index >= 15 is 0 Å². The van der Waals surface area contributed by atoms with Crippen LogP contribution in [-0.4, -0.2) is 61.5 Å². The number of ether oxygens (including phenoxy) is 2. The van der Waals surface area contributed by atoms with Gasteiger partial charge in [0.25, 0.3) is 0 Å². The molecule has 4 rings (SSSR count). The second-order valence-electron chi connectivity index (χ2n) is 9.93.